The summed E-state index contributed by atoms with van der Waals surface area (Å²) in [4.78, 5) is 28.5. The molecule has 31 heavy (non-hydrogen) atoms. The number of morpholine rings is 1. The van der Waals surface area contributed by atoms with Crippen LogP contribution in [0.3, 0.4) is 0 Å². The SMILES string of the molecule is O=C1NC(=S)N(c2ccc(Cl)c(Cl)c2)C(=O)/C1=C/c1ccc(N2CCOCC2)c(F)c1. The Morgan fingerprint density at radius 2 is 1.81 bits per heavy atom. The van der Waals surface area contributed by atoms with Crippen LogP contribution in [0.5, 0.6) is 0 Å². The minimum absolute atomic E-state index is 0.0839. The van der Waals surface area contributed by atoms with Gasteiger partial charge in [-0.3, -0.25) is 19.8 Å². The van der Waals surface area contributed by atoms with Gasteiger partial charge in [0, 0.05) is 13.1 Å². The molecule has 0 aliphatic carbocycles. The molecule has 0 radical (unpaired) electrons. The molecule has 2 amide bonds. The van der Waals surface area contributed by atoms with Crippen molar-refractivity contribution in [2.24, 2.45) is 0 Å². The summed E-state index contributed by atoms with van der Waals surface area (Å²) in [7, 11) is 0. The number of hydrogen-bond donors (Lipinski definition) is 1. The van der Waals surface area contributed by atoms with Crippen LogP contribution in [0.4, 0.5) is 15.8 Å². The van der Waals surface area contributed by atoms with Gasteiger partial charge in [-0.05, 0) is 54.2 Å². The van der Waals surface area contributed by atoms with Crippen molar-refractivity contribution in [3.63, 3.8) is 0 Å². The lowest BCUT2D eigenvalue weighted by atomic mass is 10.1. The molecule has 0 unspecified atom stereocenters. The summed E-state index contributed by atoms with van der Waals surface area (Å²) in [6.07, 6.45) is 1.33. The molecule has 2 aromatic rings. The number of thiocarbonyl (C=S) groups is 1. The Morgan fingerprint density at radius 1 is 1.06 bits per heavy atom. The molecule has 160 valence electrons. The van der Waals surface area contributed by atoms with Crippen LogP contribution in [0.1, 0.15) is 5.56 Å². The highest BCUT2D eigenvalue weighted by molar-refractivity contribution is 7.80. The summed E-state index contributed by atoms with van der Waals surface area (Å²) in [6, 6.07) is 9.12. The second-order valence-corrected chi connectivity index (χ2v) is 8.07. The number of amides is 2. The molecule has 0 bridgehead atoms. The Balaban J connectivity index is 1.65. The molecule has 0 spiro atoms. The summed E-state index contributed by atoms with van der Waals surface area (Å²) in [6.45, 7) is 2.25. The average Bonchev–Trinajstić information content (AvgIpc) is 2.74. The van der Waals surface area contributed by atoms with Gasteiger partial charge in [-0.25, -0.2) is 4.39 Å². The highest BCUT2D eigenvalue weighted by Gasteiger charge is 2.34. The molecule has 2 aliphatic heterocycles. The highest BCUT2D eigenvalue weighted by atomic mass is 35.5. The maximum Gasteiger partial charge on any atom is 0.270 e. The third-order valence-corrected chi connectivity index (χ3v) is 5.92. The smallest absolute Gasteiger partial charge is 0.270 e. The van der Waals surface area contributed by atoms with Crippen molar-refractivity contribution in [1.82, 2.24) is 5.32 Å². The van der Waals surface area contributed by atoms with Crippen molar-refractivity contribution in [3.8, 4) is 0 Å². The molecule has 1 N–H and O–H groups in total. The number of hydrogen-bond acceptors (Lipinski definition) is 5. The van der Waals surface area contributed by atoms with Crippen molar-refractivity contribution in [2.45, 2.75) is 0 Å². The van der Waals surface area contributed by atoms with Crippen LogP contribution >= 0.6 is 35.4 Å². The molecular formula is C21H16Cl2FN3O3S. The van der Waals surface area contributed by atoms with Gasteiger partial charge in [-0.15, -0.1) is 0 Å². The average molecular weight is 480 g/mol. The zero-order valence-electron chi connectivity index (χ0n) is 16.0. The maximum atomic E-state index is 14.7. The largest absolute Gasteiger partial charge is 0.378 e. The van der Waals surface area contributed by atoms with E-state index in [0.29, 0.717) is 48.3 Å². The summed E-state index contributed by atoms with van der Waals surface area (Å²) >= 11 is 17.2. The molecule has 0 aromatic heterocycles. The number of benzene rings is 2. The first-order valence-electron chi connectivity index (χ1n) is 9.34. The molecule has 6 nitrogen and oxygen atoms in total. The summed E-state index contributed by atoms with van der Waals surface area (Å²) in [5, 5.41) is 2.94. The van der Waals surface area contributed by atoms with Gasteiger partial charge in [-0.1, -0.05) is 29.3 Å². The monoisotopic (exact) mass is 479 g/mol. The fourth-order valence-corrected chi connectivity index (χ4v) is 3.93. The number of carbonyl (C=O) groups is 2. The molecule has 2 aromatic carbocycles. The van der Waals surface area contributed by atoms with E-state index in [4.69, 9.17) is 40.2 Å². The minimum atomic E-state index is -0.663. The molecule has 2 fully saturated rings. The first-order valence-corrected chi connectivity index (χ1v) is 10.5. The number of nitrogens with one attached hydrogen (secondary N) is 1. The van der Waals surface area contributed by atoms with Gasteiger partial charge in [0.15, 0.2) is 5.11 Å². The Morgan fingerprint density at radius 3 is 2.48 bits per heavy atom. The number of anilines is 2. The fourth-order valence-electron chi connectivity index (χ4n) is 3.36. The van der Waals surface area contributed by atoms with Crippen LogP contribution in [0.25, 0.3) is 6.08 Å². The summed E-state index contributed by atoms with van der Waals surface area (Å²) < 4.78 is 20.0. The predicted octanol–water partition coefficient (Wildman–Crippen LogP) is 3.80. The highest BCUT2D eigenvalue weighted by Crippen LogP contribution is 2.30. The van der Waals surface area contributed by atoms with Gasteiger partial charge in [-0.2, -0.15) is 0 Å². The Labute approximate surface area is 193 Å². The van der Waals surface area contributed by atoms with Crippen LogP contribution < -0.4 is 15.1 Å². The first kappa shape index (κ1) is 21.7. The quantitative estimate of drug-likeness (QED) is 0.412. The standard InChI is InChI=1S/C21H16Cl2FN3O3S/c22-15-3-2-13(11-16(15)23)27-20(29)14(19(28)25-21(27)31)9-12-1-4-18(17(24)10-12)26-5-7-30-8-6-26/h1-4,9-11H,5-8H2,(H,25,28,31)/b14-9+. The summed E-state index contributed by atoms with van der Waals surface area (Å²) in [5.74, 6) is -1.76. The van der Waals surface area contributed by atoms with Gasteiger partial charge in [0.25, 0.3) is 11.8 Å². The molecule has 0 atom stereocenters. The predicted molar refractivity (Wildman–Crippen MR) is 122 cm³/mol. The normalized spacial score (nSPS) is 18.5. The molecular weight excluding hydrogens is 464 g/mol. The lowest BCUT2D eigenvalue weighted by molar-refractivity contribution is -0.122. The number of ether oxygens (including phenoxy) is 1. The molecule has 4 rings (SSSR count). The lowest BCUT2D eigenvalue weighted by Crippen LogP contribution is -2.54. The fraction of sp³-hybridized carbons (Fsp3) is 0.190. The van der Waals surface area contributed by atoms with Gasteiger partial charge in [0.05, 0.1) is 34.6 Å². The zero-order valence-corrected chi connectivity index (χ0v) is 18.4. The van der Waals surface area contributed by atoms with E-state index < -0.39 is 17.6 Å². The van der Waals surface area contributed by atoms with Crippen LogP contribution in [0.2, 0.25) is 10.0 Å². The van der Waals surface area contributed by atoms with Crippen LogP contribution in [0, 0.1) is 5.82 Å². The van der Waals surface area contributed by atoms with E-state index in [-0.39, 0.29) is 15.7 Å². The van der Waals surface area contributed by atoms with E-state index in [9.17, 15) is 14.0 Å². The Hall–Kier alpha value is -2.52. The van der Waals surface area contributed by atoms with Gasteiger partial charge in [0.2, 0.25) is 0 Å². The van der Waals surface area contributed by atoms with Crippen molar-refractivity contribution >= 4 is 69.8 Å². The topological polar surface area (TPSA) is 61.9 Å². The maximum absolute atomic E-state index is 14.7. The number of halogens is 3. The van der Waals surface area contributed by atoms with E-state index in [1.807, 2.05) is 4.90 Å². The van der Waals surface area contributed by atoms with Crippen LogP contribution in [0.15, 0.2) is 42.0 Å². The third kappa shape index (κ3) is 4.43. The minimum Gasteiger partial charge on any atom is -0.378 e. The second-order valence-electron chi connectivity index (χ2n) is 6.87. The summed E-state index contributed by atoms with van der Waals surface area (Å²) in [5.41, 5.74) is 0.987. The molecule has 2 saturated heterocycles. The van der Waals surface area contributed by atoms with Gasteiger partial charge >= 0.3 is 0 Å². The van der Waals surface area contributed by atoms with Crippen molar-refractivity contribution in [3.05, 3.63) is 63.4 Å². The zero-order chi connectivity index (χ0) is 22.1. The van der Waals surface area contributed by atoms with Crippen molar-refractivity contribution in [2.75, 3.05) is 36.1 Å². The van der Waals surface area contributed by atoms with Crippen molar-refractivity contribution < 1.29 is 18.7 Å². The number of rotatable bonds is 3. The molecule has 2 heterocycles. The Kier molecular flexibility index (Phi) is 6.24. The van der Waals surface area contributed by atoms with E-state index in [1.165, 1.54) is 24.3 Å². The van der Waals surface area contributed by atoms with E-state index >= 15 is 0 Å². The lowest BCUT2D eigenvalue weighted by Gasteiger charge is -2.29. The van der Waals surface area contributed by atoms with E-state index in [2.05, 4.69) is 5.32 Å². The number of carbonyl (C=O) groups excluding carboxylic acids is 2. The first-order chi connectivity index (χ1) is 14.8. The van der Waals surface area contributed by atoms with Crippen LogP contribution in [-0.4, -0.2) is 43.2 Å². The van der Waals surface area contributed by atoms with E-state index in [1.54, 1.807) is 18.2 Å². The van der Waals surface area contributed by atoms with Crippen LogP contribution in [-0.2, 0) is 14.3 Å². The second kappa shape index (κ2) is 8.92. The van der Waals surface area contributed by atoms with Crippen molar-refractivity contribution in [1.29, 1.82) is 0 Å². The molecule has 10 heteroatoms. The van der Waals surface area contributed by atoms with Gasteiger partial charge < -0.3 is 9.64 Å². The van der Waals surface area contributed by atoms with E-state index in [0.717, 1.165) is 4.90 Å². The Bertz CT molecular complexity index is 1120. The van der Waals surface area contributed by atoms with Gasteiger partial charge in [0.1, 0.15) is 11.4 Å². The molecule has 0 saturated carbocycles. The molecule has 2 aliphatic rings. The third-order valence-electron chi connectivity index (χ3n) is 4.90. The number of nitrogens with zero attached hydrogens (tertiary/aromatic N) is 2.